The first-order chi connectivity index (χ1) is 15.8. The molecule has 0 fully saturated rings. The number of hydrogen-bond donors (Lipinski definition) is 1. The molecular formula is C30H24O2. The Kier molecular flexibility index (Phi) is 5.35. The van der Waals surface area contributed by atoms with Gasteiger partial charge in [0.2, 0.25) is 0 Å². The number of furan rings is 1. The maximum absolute atomic E-state index is 10.1. The fourth-order valence-electron chi connectivity index (χ4n) is 4.33. The van der Waals surface area contributed by atoms with Crippen molar-refractivity contribution in [2.75, 3.05) is 0 Å². The van der Waals surface area contributed by atoms with E-state index in [9.17, 15) is 5.11 Å². The van der Waals surface area contributed by atoms with Crippen LogP contribution >= 0.6 is 0 Å². The lowest BCUT2D eigenvalue weighted by Gasteiger charge is -2.10. The Morgan fingerprint density at radius 3 is 1.84 bits per heavy atom. The molecule has 32 heavy (non-hydrogen) atoms. The standard InChI is InChI=1S/C30H24O2/c1-2-25-28(21-12-5-3-6-13-21)29(22-14-7-4-8-15-22)32-30(25)27-19-10-9-18-26(27)23-16-11-17-24(31)20-23/h3-20,31H,2H2,1H3. The summed E-state index contributed by atoms with van der Waals surface area (Å²) in [5.74, 6) is 2.01. The molecule has 0 aliphatic rings. The predicted octanol–water partition coefficient (Wildman–Crippen LogP) is 8.22. The van der Waals surface area contributed by atoms with Crippen molar-refractivity contribution in [2.24, 2.45) is 0 Å². The number of rotatable bonds is 5. The van der Waals surface area contributed by atoms with Crippen molar-refractivity contribution in [3.8, 4) is 50.7 Å². The van der Waals surface area contributed by atoms with Crippen LogP contribution in [0.5, 0.6) is 5.75 Å². The third kappa shape index (κ3) is 3.61. The molecule has 1 heterocycles. The molecule has 0 radical (unpaired) electrons. The van der Waals surface area contributed by atoms with E-state index in [0.29, 0.717) is 0 Å². The Bertz CT molecular complexity index is 1350. The van der Waals surface area contributed by atoms with E-state index in [0.717, 1.165) is 51.3 Å². The minimum absolute atomic E-state index is 0.252. The van der Waals surface area contributed by atoms with Gasteiger partial charge >= 0.3 is 0 Å². The van der Waals surface area contributed by atoms with Gasteiger partial charge in [-0.15, -0.1) is 0 Å². The number of phenols is 1. The van der Waals surface area contributed by atoms with E-state index in [1.54, 1.807) is 12.1 Å². The SMILES string of the molecule is CCc1c(-c2ccccc2-c2cccc(O)c2)oc(-c2ccccc2)c1-c1ccccc1. The van der Waals surface area contributed by atoms with Gasteiger partial charge in [-0.25, -0.2) is 0 Å². The Morgan fingerprint density at radius 1 is 0.594 bits per heavy atom. The molecule has 1 aromatic heterocycles. The van der Waals surface area contributed by atoms with Gasteiger partial charge < -0.3 is 9.52 Å². The van der Waals surface area contributed by atoms with Gasteiger partial charge in [-0.3, -0.25) is 0 Å². The van der Waals surface area contributed by atoms with Crippen LogP contribution in [0.1, 0.15) is 12.5 Å². The second-order valence-corrected chi connectivity index (χ2v) is 7.80. The summed E-state index contributed by atoms with van der Waals surface area (Å²) in [6, 6.07) is 36.3. The highest BCUT2D eigenvalue weighted by Crippen LogP contribution is 2.45. The lowest BCUT2D eigenvalue weighted by molar-refractivity contribution is 0.475. The molecule has 0 atom stereocenters. The van der Waals surface area contributed by atoms with E-state index in [4.69, 9.17) is 4.42 Å². The summed E-state index contributed by atoms with van der Waals surface area (Å²) >= 11 is 0. The van der Waals surface area contributed by atoms with Crippen LogP contribution in [0.25, 0.3) is 44.9 Å². The van der Waals surface area contributed by atoms with Gasteiger partial charge in [0, 0.05) is 22.3 Å². The van der Waals surface area contributed by atoms with Gasteiger partial charge in [0.1, 0.15) is 17.3 Å². The zero-order chi connectivity index (χ0) is 21.9. The van der Waals surface area contributed by atoms with Crippen LogP contribution in [-0.2, 0) is 6.42 Å². The highest BCUT2D eigenvalue weighted by atomic mass is 16.3. The topological polar surface area (TPSA) is 33.4 Å². The highest BCUT2D eigenvalue weighted by Gasteiger charge is 2.24. The van der Waals surface area contributed by atoms with E-state index in [1.807, 2.05) is 48.5 Å². The fourth-order valence-corrected chi connectivity index (χ4v) is 4.33. The first-order valence-corrected chi connectivity index (χ1v) is 10.9. The summed E-state index contributed by atoms with van der Waals surface area (Å²) in [7, 11) is 0. The predicted molar refractivity (Wildman–Crippen MR) is 131 cm³/mol. The third-order valence-electron chi connectivity index (χ3n) is 5.79. The number of hydrogen-bond acceptors (Lipinski definition) is 2. The number of benzene rings is 4. The van der Waals surface area contributed by atoms with E-state index in [1.165, 1.54) is 5.56 Å². The van der Waals surface area contributed by atoms with Crippen molar-refractivity contribution in [1.29, 1.82) is 0 Å². The van der Waals surface area contributed by atoms with E-state index in [2.05, 4.69) is 55.5 Å². The van der Waals surface area contributed by atoms with Crippen LogP contribution in [0.15, 0.2) is 114 Å². The molecular weight excluding hydrogens is 392 g/mol. The van der Waals surface area contributed by atoms with Crippen LogP contribution in [0.2, 0.25) is 0 Å². The normalized spacial score (nSPS) is 10.9. The molecule has 0 unspecified atom stereocenters. The third-order valence-corrected chi connectivity index (χ3v) is 5.79. The van der Waals surface area contributed by atoms with Crippen molar-refractivity contribution >= 4 is 0 Å². The molecule has 0 aliphatic carbocycles. The molecule has 4 aromatic carbocycles. The minimum Gasteiger partial charge on any atom is -0.508 e. The van der Waals surface area contributed by atoms with Crippen LogP contribution in [0.4, 0.5) is 0 Å². The van der Waals surface area contributed by atoms with Gasteiger partial charge in [0.15, 0.2) is 0 Å². The summed E-state index contributed by atoms with van der Waals surface area (Å²) in [6.07, 6.45) is 0.838. The number of aromatic hydroxyl groups is 1. The molecule has 2 nitrogen and oxygen atoms in total. The molecule has 0 spiro atoms. The summed E-state index contributed by atoms with van der Waals surface area (Å²) < 4.78 is 6.69. The molecule has 1 N–H and O–H groups in total. The quantitative estimate of drug-likeness (QED) is 0.313. The molecule has 0 amide bonds. The van der Waals surface area contributed by atoms with Crippen LogP contribution in [-0.4, -0.2) is 5.11 Å². The van der Waals surface area contributed by atoms with Gasteiger partial charge in [-0.2, -0.15) is 0 Å². The van der Waals surface area contributed by atoms with Crippen molar-refractivity contribution in [3.05, 3.63) is 115 Å². The lowest BCUT2D eigenvalue weighted by atomic mass is 9.91. The molecule has 0 saturated carbocycles. The van der Waals surface area contributed by atoms with Gasteiger partial charge in [-0.1, -0.05) is 104 Å². The highest BCUT2D eigenvalue weighted by molar-refractivity contribution is 5.91. The summed E-state index contributed by atoms with van der Waals surface area (Å²) in [4.78, 5) is 0. The average molecular weight is 417 g/mol. The smallest absolute Gasteiger partial charge is 0.142 e. The zero-order valence-electron chi connectivity index (χ0n) is 18.0. The van der Waals surface area contributed by atoms with Crippen LogP contribution in [0, 0.1) is 0 Å². The van der Waals surface area contributed by atoms with Crippen LogP contribution in [0.3, 0.4) is 0 Å². The van der Waals surface area contributed by atoms with E-state index in [-0.39, 0.29) is 5.75 Å². The van der Waals surface area contributed by atoms with E-state index >= 15 is 0 Å². The summed E-state index contributed by atoms with van der Waals surface area (Å²) in [5, 5.41) is 10.1. The molecule has 0 aliphatic heterocycles. The molecule has 5 aromatic rings. The number of phenolic OH excluding ortho intramolecular Hbond substituents is 1. The molecule has 0 bridgehead atoms. The summed E-state index contributed by atoms with van der Waals surface area (Å²) in [5.41, 5.74) is 7.54. The van der Waals surface area contributed by atoms with Crippen molar-refractivity contribution < 1.29 is 9.52 Å². The fraction of sp³-hybridized carbons (Fsp3) is 0.0667. The minimum atomic E-state index is 0.252. The Morgan fingerprint density at radius 2 is 1.19 bits per heavy atom. The second-order valence-electron chi connectivity index (χ2n) is 7.80. The monoisotopic (exact) mass is 416 g/mol. The largest absolute Gasteiger partial charge is 0.508 e. The first kappa shape index (κ1) is 19.9. The Balaban J connectivity index is 1.80. The Labute approximate surface area is 188 Å². The lowest BCUT2D eigenvalue weighted by Crippen LogP contribution is -1.89. The zero-order valence-corrected chi connectivity index (χ0v) is 18.0. The molecule has 2 heteroatoms. The Hall–Kier alpha value is -4.04. The summed E-state index contributed by atoms with van der Waals surface area (Å²) in [6.45, 7) is 2.17. The molecule has 156 valence electrons. The van der Waals surface area contributed by atoms with Gasteiger partial charge in [0.25, 0.3) is 0 Å². The van der Waals surface area contributed by atoms with Crippen molar-refractivity contribution in [2.45, 2.75) is 13.3 Å². The maximum Gasteiger partial charge on any atom is 0.142 e. The van der Waals surface area contributed by atoms with Crippen molar-refractivity contribution in [3.63, 3.8) is 0 Å². The molecule has 0 saturated heterocycles. The van der Waals surface area contributed by atoms with Gasteiger partial charge in [0.05, 0.1) is 0 Å². The van der Waals surface area contributed by atoms with Gasteiger partial charge in [-0.05, 0) is 35.2 Å². The van der Waals surface area contributed by atoms with E-state index < -0.39 is 0 Å². The maximum atomic E-state index is 10.1. The van der Waals surface area contributed by atoms with Crippen molar-refractivity contribution in [1.82, 2.24) is 0 Å². The first-order valence-electron chi connectivity index (χ1n) is 10.9. The second kappa shape index (κ2) is 8.60. The molecule has 5 rings (SSSR count). The van der Waals surface area contributed by atoms with Crippen LogP contribution < -0.4 is 0 Å². The average Bonchev–Trinajstić information content (AvgIpc) is 3.25.